The maximum Gasteiger partial charge on any atom is 0.359 e. The summed E-state index contributed by atoms with van der Waals surface area (Å²) in [7, 11) is -3.14. The predicted molar refractivity (Wildman–Crippen MR) is 98.1 cm³/mol. The lowest BCUT2D eigenvalue weighted by Crippen LogP contribution is -2.45. The summed E-state index contributed by atoms with van der Waals surface area (Å²) in [6.07, 6.45) is 0.385. The molecule has 7 nitrogen and oxygen atoms in total. The number of pyridine rings is 1. The van der Waals surface area contributed by atoms with E-state index >= 15 is 0 Å². The summed E-state index contributed by atoms with van der Waals surface area (Å²) in [6, 6.07) is 2.43. The van der Waals surface area contributed by atoms with Crippen molar-refractivity contribution in [1.29, 1.82) is 0 Å². The van der Waals surface area contributed by atoms with Gasteiger partial charge < -0.3 is 9.64 Å². The van der Waals surface area contributed by atoms with E-state index in [0.29, 0.717) is 13.0 Å². The Hall–Kier alpha value is -1.38. The maximum atomic E-state index is 12.5. The maximum absolute atomic E-state index is 12.5. The monoisotopic (exact) mass is 422 g/mol. The first-order chi connectivity index (χ1) is 12.1. The Labute approximate surface area is 162 Å². The van der Waals surface area contributed by atoms with Crippen LogP contribution in [-0.2, 0) is 19.4 Å². The number of sulfone groups is 1. The molecule has 2 rings (SSSR count). The van der Waals surface area contributed by atoms with Crippen LogP contribution >= 0.6 is 23.2 Å². The van der Waals surface area contributed by atoms with Gasteiger partial charge in [-0.3, -0.25) is 4.79 Å². The van der Waals surface area contributed by atoms with Gasteiger partial charge in [0.15, 0.2) is 22.1 Å². The van der Waals surface area contributed by atoms with Gasteiger partial charge in [0.1, 0.15) is 5.15 Å². The minimum absolute atomic E-state index is 0.0569. The molecule has 0 unspecified atom stereocenters. The number of carbonyl (C=O) groups excluding carboxylic acids is 2. The molecule has 1 aromatic rings. The molecule has 1 atom stereocenters. The quantitative estimate of drug-likeness (QED) is 0.515. The first kappa shape index (κ1) is 20.9. The Morgan fingerprint density at radius 2 is 2.04 bits per heavy atom. The molecule has 1 fully saturated rings. The number of ether oxygens (including phenoxy) is 1. The zero-order valence-electron chi connectivity index (χ0n) is 14.4. The van der Waals surface area contributed by atoms with Crippen LogP contribution in [0.4, 0.5) is 0 Å². The Balaban J connectivity index is 2.05. The van der Waals surface area contributed by atoms with E-state index in [2.05, 4.69) is 4.98 Å². The average molecular weight is 423 g/mol. The topological polar surface area (TPSA) is 93.6 Å². The van der Waals surface area contributed by atoms with Gasteiger partial charge in [-0.1, -0.05) is 37.0 Å². The van der Waals surface area contributed by atoms with Gasteiger partial charge in [0.2, 0.25) is 0 Å². The van der Waals surface area contributed by atoms with Crippen LogP contribution in [0, 0.1) is 5.92 Å². The number of rotatable bonds is 6. The van der Waals surface area contributed by atoms with Crippen molar-refractivity contribution in [2.45, 2.75) is 26.3 Å². The highest BCUT2D eigenvalue weighted by Gasteiger charge is 2.35. The van der Waals surface area contributed by atoms with Crippen molar-refractivity contribution in [3.63, 3.8) is 0 Å². The fraction of sp³-hybridized carbons (Fsp3) is 0.562. The van der Waals surface area contributed by atoms with E-state index in [-0.39, 0.29) is 33.3 Å². The SMILES string of the molecule is CC(C)CN(C(=O)COC(=O)c1nc(Cl)ccc1Cl)[C@H]1CCS(=O)(=O)C1. The van der Waals surface area contributed by atoms with Gasteiger partial charge in [-0.2, -0.15) is 0 Å². The summed E-state index contributed by atoms with van der Waals surface area (Å²) >= 11 is 11.6. The molecule has 2 heterocycles. The molecule has 0 radical (unpaired) electrons. The number of hydrogen-bond donors (Lipinski definition) is 0. The molecule has 1 aliphatic rings. The molecule has 0 saturated carbocycles. The Morgan fingerprint density at radius 3 is 2.62 bits per heavy atom. The summed E-state index contributed by atoms with van der Waals surface area (Å²) in [5.41, 5.74) is -0.175. The van der Waals surface area contributed by atoms with Crippen LogP contribution in [-0.4, -0.2) is 60.9 Å². The summed E-state index contributed by atoms with van der Waals surface area (Å²) in [4.78, 5) is 29.9. The molecule has 1 saturated heterocycles. The molecule has 0 bridgehead atoms. The number of halogens is 2. The lowest BCUT2D eigenvalue weighted by molar-refractivity contribution is -0.137. The predicted octanol–water partition coefficient (Wildman–Crippen LogP) is 2.22. The number of nitrogens with zero attached hydrogens (tertiary/aromatic N) is 2. The molecule has 1 aliphatic heterocycles. The van der Waals surface area contributed by atoms with E-state index in [1.165, 1.54) is 17.0 Å². The van der Waals surface area contributed by atoms with Crippen LogP contribution in [0.1, 0.15) is 30.8 Å². The molecule has 144 valence electrons. The highest BCUT2D eigenvalue weighted by Crippen LogP contribution is 2.20. The van der Waals surface area contributed by atoms with E-state index in [1.807, 2.05) is 13.8 Å². The molecule has 1 amide bonds. The zero-order chi connectivity index (χ0) is 19.5. The second kappa shape index (κ2) is 8.54. The summed E-state index contributed by atoms with van der Waals surface area (Å²) < 4.78 is 28.4. The number of carbonyl (C=O) groups is 2. The molecule has 1 aromatic heterocycles. The lowest BCUT2D eigenvalue weighted by atomic mass is 10.1. The summed E-state index contributed by atoms with van der Waals surface area (Å²) in [5, 5.41) is 0.137. The first-order valence-corrected chi connectivity index (χ1v) is 10.7. The summed E-state index contributed by atoms with van der Waals surface area (Å²) in [5.74, 6) is -1.19. The van der Waals surface area contributed by atoms with Gasteiger partial charge in [0.05, 0.1) is 16.5 Å². The van der Waals surface area contributed by atoms with Gasteiger partial charge in [-0.15, -0.1) is 0 Å². The van der Waals surface area contributed by atoms with Crippen molar-refractivity contribution in [1.82, 2.24) is 9.88 Å². The number of esters is 1. The molecular formula is C16H20Cl2N2O5S. The Bertz CT molecular complexity index is 798. The Morgan fingerprint density at radius 1 is 1.35 bits per heavy atom. The number of amides is 1. The molecular weight excluding hydrogens is 403 g/mol. The Kier molecular flexibility index (Phi) is 6.87. The van der Waals surface area contributed by atoms with E-state index in [0.717, 1.165) is 0 Å². The number of hydrogen-bond acceptors (Lipinski definition) is 6. The molecule has 0 spiro atoms. The van der Waals surface area contributed by atoms with E-state index in [9.17, 15) is 18.0 Å². The minimum Gasteiger partial charge on any atom is -0.451 e. The molecule has 0 aromatic carbocycles. The van der Waals surface area contributed by atoms with Crippen LogP contribution < -0.4 is 0 Å². The molecule has 0 N–H and O–H groups in total. The third-order valence-electron chi connectivity index (χ3n) is 3.86. The molecule has 0 aliphatic carbocycles. The van der Waals surface area contributed by atoms with Gasteiger partial charge >= 0.3 is 5.97 Å². The number of aromatic nitrogens is 1. The molecule has 26 heavy (non-hydrogen) atoms. The van der Waals surface area contributed by atoms with Crippen molar-refractivity contribution >= 4 is 44.9 Å². The highest BCUT2D eigenvalue weighted by molar-refractivity contribution is 7.91. The second-order valence-corrected chi connectivity index (χ2v) is 9.56. The summed E-state index contributed by atoms with van der Waals surface area (Å²) in [6.45, 7) is 3.70. The standard InChI is InChI=1S/C16H20Cl2N2O5S/c1-10(2)7-20(11-5-6-26(23,24)9-11)14(21)8-25-16(22)15-12(17)3-4-13(18)19-15/h3-4,10-11H,5-9H2,1-2H3/t11-/m0/s1. The van der Waals surface area contributed by atoms with Crippen LogP contribution in [0.5, 0.6) is 0 Å². The van der Waals surface area contributed by atoms with Crippen LogP contribution in [0.3, 0.4) is 0 Å². The third-order valence-corrected chi connectivity index (χ3v) is 6.13. The van der Waals surface area contributed by atoms with Crippen molar-refractivity contribution < 1.29 is 22.7 Å². The van der Waals surface area contributed by atoms with Gasteiger partial charge in [-0.05, 0) is 24.5 Å². The van der Waals surface area contributed by atoms with Gasteiger partial charge in [-0.25, -0.2) is 18.2 Å². The van der Waals surface area contributed by atoms with Crippen LogP contribution in [0.15, 0.2) is 12.1 Å². The van der Waals surface area contributed by atoms with Crippen molar-refractivity contribution in [2.24, 2.45) is 5.92 Å². The van der Waals surface area contributed by atoms with E-state index in [4.69, 9.17) is 27.9 Å². The van der Waals surface area contributed by atoms with E-state index in [1.54, 1.807) is 0 Å². The zero-order valence-corrected chi connectivity index (χ0v) is 16.8. The van der Waals surface area contributed by atoms with E-state index < -0.39 is 34.4 Å². The highest BCUT2D eigenvalue weighted by atomic mass is 35.5. The average Bonchev–Trinajstić information content (AvgIpc) is 2.91. The van der Waals surface area contributed by atoms with Crippen molar-refractivity contribution in [2.75, 3.05) is 24.7 Å². The second-order valence-electron chi connectivity index (χ2n) is 6.54. The lowest BCUT2D eigenvalue weighted by Gasteiger charge is -2.29. The van der Waals surface area contributed by atoms with Crippen molar-refractivity contribution in [3.05, 3.63) is 28.0 Å². The largest absolute Gasteiger partial charge is 0.451 e. The van der Waals surface area contributed by atoms with Gasteiger partial charge in [0.25, 0.3) is 5.91 Å². The minimum atomic E-state index is -3.14. The smallest absolute Gasteiger partial charge is 0.359 e. The fourth-order valence-electron chi connectivity index (χ4n) is 2.71. The third kappa shape index (κ3) is 5.56. The molecule has 10 heteroatoms. The van der Waals surface area contributed by atoms with Crippen LogP contribution in [0.25, 0.3) is 0 Å². The van der Waals surface area contributed by atoms with Crippen molar-refractivity contribution in [3.8, 4) is 0 Å². The van der Waals surface area contributed by atoms with Crippen LogP contribution in [0.2, 0.25) is 10.2 Å². The fourth-order valence-corrected chi connectivity index (χ4v) is 4.77. The normalized spacial score (nSPS) is 18.7. The first-order valence-electron chi connectivity index (χ1n) is 8.08. The van der Waals surface area contributed by atoms with Gasteiger partial charge in [0, 0.05) is 12.6 Å².